The van der Waals surface area contributed by atoms with Crippen molar-refractivity contribution in [1.29, 1.82) is 0 Å². The molecule has 1 aliphatic carbocycles. The normalized spacial score (nSPS) is 30.6. The van der Waals surface area contributed by atoms with Gasteiger partial charge in [0.05, 0.1) is 6.04 Å². The highest BCUT2D eigenvalue weighted by atomic mass is 19.3. The van der Waals surface area contributed by atoms with Crippen molar-refractivity contribution in [2.24, 2.45) is 11.8 Å². The molecule has 0 bridgehead atoms. The van der Waals surface area contributed by atoms with E-state index < -0.39 is 12.5 Å². The SMILES string of the molecule is CCC1CCC(C(NC)C(F)F)CC1. The highest BCUT2D eigenvalue weighted by Gasteiger charge is 2.31. The molecule has 1 atom stereocenters. The second-order valence-electron chi connectivity index (χ2n) is 4.34. The van der Waals surface area contributed by atoms with Gasteiger partial charge in [0.1, 0.15) is 0 Å². The second kappa shape index (κ2) is 5.64. The Hall–Kier alpha value is -0.180. The van der Waals surface area contributed by atoms with Crippen LogP contribution in [0.1, 0.15) is 39.0 Å². The predicted octanol–water partition coefficient (Wildman–Crippen LogP) is 3.06. The summed E-state index contributed by atoms with van der Waals surface area (Å²) in [5.41, 5.74) is 0. The number of hydrogen-bond donors (Lipinski definition) is 1. The van der Waals surface area contributed by atoms with Crippen LogP contribution in [0, 0.1) is 11.8 Å². The van der Waals surface area contributed by atoms with E-state index in [2.05, 4.69) is 12.2 Å². The van der Waals surface area contributed by atoms with Gasteiger partial charge in [-0.3, -0.25) is 0 Å². The zero-order valence-electron chi connectivity index (χ0n) is 9.10. The van der Waals surface area contributed by atoms with Gasteiger partial charge in [-0.1, -0.05) is 26.2 Å². The van der Waals surface area contributed by atoms with Crippen LogP contribution in [0.3, 0.4) is 0 Å². The number of halogens is 2. The molecular weight excluding hydrogens is 184 g/mol. The number of nitrogens with one attached hydrogen (secondary N) is 1. The molecule has 0 saturated heterocycles. The molecule has 0 aliphatic heterocycles. The monoisotopic (exact) mass is 205 g/mol. The first-order valence-electron chi connectivity index (χ1n) is 5.64. The van der Waals surface area contributed by atoms with Crippen LogP contribution in [0.5, 0.6) is 0 Å². The van der Waals surface area contributed by atoms with Crippen molar-refractivity contribution in [3.05, 3.63) is 0 Å². The van der Waals surface area contributed by atoms with E-state index in [1.54, 1.807) is 7.05 Å². The molecule has 1 nitrogen and oxygen atoms in total. The van der Waals surface area contributed by atoms with E-state index in [1.165, 1.54) is 6.42 Å². The van der Waals surface area contributed by atoms with E-state index in [0.29, 0.717) is 0 Å². The third-order valence-electron chi connectivity index (χ3n) is 3.58. The van der Waals surface area contributed by atoms with Crippen LogP contribution in [0.2, 0.25) is 0 Å². The summed E-state index contributed by atoms with van der Waals surface area (Å²) in [5, 5.41) is 2.75. The summed E-state index contributed by atoms with van der Waals surface area (Å²) < 4.78 is 25.2. The lowest BCUT2D eigenvalue weighted by molar-refractivity contribution is 0.0558. The lowest BCUT2D eigenvalue weighted by Gasteiger charge is -2.33. The smallest absolute Gasteiger partial charge is 0.253 e. The average molecular weight is 205 g/mol. The minimum atomic E-state index is -2.22. The van der Waals surface area contributed by atoms with Gasteiger partial charge in [-0.15, -0.1) is 0 Å². The average Bonchev–Trinajstić information content (AvgIpc) is 2.19. The fraction of sp³-hybridized carbons (Fsp3) is 1.00. The molecular formula is C11H21F2N. The van der Waals surface area contributed by atoms with Crippen LogP contribution in [-0.4, -0.2) is 19.5 Å². The summed E-state index contributed by atoms with van der Waals surface area (Å²) in [7, 11) is 1.64. The molecule has 0 aromatic heterocycles. The van der Waals surface area contributed by atoms with Crippen molar-refractivity contribution in [3.63, 3.8) is 0 Å². The van der Waals surface area contributed by atoms with Gasteiger partial charge in [-0.2, -0.15) is 0 Å². The predicted molar refractivity (Wildman–Crippen MR) is 54.6 cm³/mol. The van der Waals surface area contributed by atoms with E-state index in [1.807, 2.05) is 0 Å². The molecule has 0 aromatic rings. The molecule has 1 N–H and O–H groups in total. The van der Waals surface area contributed by atoms with Gasteiger partial charge in [0.15, 0.2) is 0 Å². The Labute approximate surface area is 85.3 Å². The second-order valence-corrected chi connectivity index (χ2v) is 4.34. The van der Waals surface area contributed by atoms with Crippen molar-refractivity contribution in [2.75, 3.05) is 7.05 Å². The van der Waals surface area contributed by atoms with Gasteiger partial charge >= 0.3 is 0 Å². The molecule has 0 spiro atoms. The van der Waals surface area contributed by atoms with Crippen LogP contribution in [0.15, 0.2) is 0 Å². The Morgan fingerprint density at radius 1 is 1.21 bits per heavy atom. The zero-order chi connectivity index (χ0) is 10.6. The number of hydrogen-bond acceptors (Lipinski definition) is 1. The summed E-state index contributed by atoms with van der Waals surface area (Å²) in [5.74, 6) is 0.962. The van der Waals surface area contributed by atoms with Crippen molar-refractivity contribution < 1.29 is 8.78 Å². The standard InChI is InChI=1S/C11H21F2N/c1-3-8-4-6-9(7-5-8)10(14-2)11(12)13/h8-11,14H,3-7H2,1-2H3. The van der Waals surface area contributed by atoms with Crippen LogP contribution in [-0.2, 0) is 0 Å². The molecule has 14 heavy (non-hydrogen) atoms. The van der Waals surface area contributed by atoms with Crippen LogP contribution in [0.25, 0.3) is 0 Å². The van der Waals surface area contributed by atoms with E-state index in [-0.39, 0.29) is 5.92 Å². The molecule has 1 aliphatic rings. The summed E-state index contributed by atoms with van der Waals surface area (Å²) in [6.07, 6.45) is 3.18. The Kier molecular flexibility index (Phi) is 4.79. The summed E-state index contributed by atoms with van der Waals surface area (Å²) >= 11 is 0. The number of alkyl halides is 2. The molecule has 1 saturated carbocycles. The lowest BCUT2D eigenvalue weighted by atomic mass is 9.77. The summed E-state index contributed by atoms with van der Waals surface area (Å²) in [6, 6.07) is -0.590. The van der Waals surface area contributed by atoms with Crippen molar-refractivity contribution in [1.82, 2.24) is 5.32 Å². The largest absolute Gasteiger partial charge is 0.312 e. The topological polar surface area (TPSA) is 12.0 Å². The van der Waals surface area contributed by atoms with Gasteiger partial charge in [-0.25, -0.2) is 8.78 Å². The fourth-order valence-electron chi connectivity index (χ4n) is 2.52. The maximum atomic E-state index is 12.6. The lowest BCUT2D eigenvalue weighted by Crippen LogP contribution is -2.41. The third-order valence-corrected chi connectivity index (χ3v) is 3.58. The highest BCUT2D eigenvalue weighted by molar-refractivity contribution is 4.82. The van der Waals surface area contributed by atoms with Crippen molar-refractivity contribution in [2.45, 2.75) is 51.5 Å². The van der Waals surface area contributed by atoms with Crippen molar-refractivity contribution >= 4 is 0 Å². The molecule has 1 unspecified atom stereocenters. The molecule has 1 fully saturated rings. The van der Waals surface area contributed by atoms with Gasteiger partial charge < -0.3 is 5.32 Å². The van der Waals surface area contributed by atoms with E-state index in [9.17, 15) is 8.78 Å². The Balaban J connectivity index is 2.39. The minimum Gasteiger partial charge on any atom is -0.312 e. The molecule has 0 aromatic carbocycles. The van der Waals surface area contributed by atoms with Gasteiger partial charge in [-0.05, 0) is 31.7 Å². The first-order chi connectivity index (χ1) is 6.69. The van der Waals surface area contributed by atoms with E-state index >= 15 is 0 Å². The van der Waals surface area contributed by atoms with Gasteiger partial charge in [0, 0.05) is 0 Å². The van der Waals surface area contributed by atoms with Gasteiger partial charge in [0.2, 0.25) is 0 Å². The first kappa shape index (κ1) is 11.9. The Morgan fingerprint density at radius 3 is 2.14 bits per heavy atom. The minimum absolute atomic E-state index is 0.183. The zero-order valence-corrected chi connectivity index (χ0v) is 9.10. The maximum absolute atomic E-state index is 12.6. The van der Waals surface area contributed by atoms with Crippen LogP contribution >= 0.6 is 0 Å². The summed E-state index contributed by atoms with van der Waals surface area (Å²) in [4.78, 5) is 0. The van der Waals surface area contributed by atoms with E-state index in [4.69, 9.17) is 0 Å². The maximum Gasteiger partial charge on any atom is 0.253 e. The molecule has 3 heteroatoms. The van der Waals surface area contributed by atoms with Crippen LogP contribution in [0.4, 0.5) is 8.78 Å². The highest BCUT2D eigenvalue weighted by Crippen LogP contribution is 2.33. The molecule has 84 valence electrons. The third kappa shape index (κ3) is 2.91. The molecule has 1 rings (SSSR count). The Morgan fingerprint density at radius 2 is 1.79 bits per heavy atom. The van der Waals surface area contributed by atoms with Gasteiger partial charge in [0.25, 0.3) is 6.43 Å². The number of rotatable bonds is 4. The van der Waals surface area contributed by atoms with E-state index in [0.717, 1.165) is 31.6 Å². The first-order valence-corrected chi connectivity index (χ1v) is 5.64. The van der Waals surface area contributed by atoms with Crippen molar-refractivity contribution in [3.8, 4) is 0 Å². The molecule has 0 amide bonds. The van der Waals surface area contributed by atoms with Crippen LogP contribution < -0.4 is 5.32 Å². The molecule has 0 heterocycles. The molecule has 0 radical (unpaired) electrons. The Bertz CT molecular complexity index is 153. The fourth-order valence-corrected chi connectivity index (χ4v) is 2.52. The summed E-state index contributed by atoms with van der Waals surface area (Å²) in [6.45, 7) is 2.19. The quantitative estimate of drug-likeness (QED) is 0.743.